The first-order valence-electron chi connectivity index (χ1n) is 4.51. The number of alkyl halides is 1. The van der Waals surface area contributed by atoms with Crippen LogP contribution >= 0.6 is 15.9 Å². The summed E-state index contributed by atoms with van der Waals surface area (Å²) in [5.41, 5.74) is 1.31. The highest BCUT2D eigenvalue weighted by Gasteiger charge is 2.09. The molecular weight excluding hydrogens is 256 g/mol. The van der Waals surface area contributed by atoms with Crippen LogP contribution in [0.15, 0.2) is 24.3 Å². The summed E-state index contributed by atoms with van der Waals surface area (Å²) in [6.45, 7) is 0. The van der Waals surface area contributed by atoms with Gasteiger partial charge in [0.15, 0.2) is 0 Å². The molecule has 1 aromatic carbocycles. The number of benzene rings is 1. The normalized spacial score (nSPS) is 9.40. The minimum Gasteiger partial charge on any atom is -0.315 e. The number of anilines is 1. The van der Waals surface area contributed by atoms with Crippen molar-refractivity contribution in [3.05, 3.63) is 29.8 Å². The molecule has 15 heavy (non-hydrogen) atoms. The van der Waals surface area contributed by atoms with Crippen molar-refractivity contribution in [2.24, 2.45) is 0 Å². The molecule has 1 aromatic rings. The van der Waals surface area contributed by atoms with Gasteiger partial charge in [-0.3, -0.25) is 4.79 Å². The lowest BCUT2D eigenvalue weighted by molar-refractivity contribution is -0.117. The molecule has 1 rings (SSSR count). The fourth-order valence-electron chi connectivity index (χ4n) is 1.18. The lowest BCUT2D eigenvalue weighted by Gasteiger charge is -2.16. The molecule has 0 fully saturated rings. The summed E-state index contributed by atoms with van der Waals surface area (Å²) in [6, 6.07) is 9.04. The average Bonchev–Trinajstić information content (AvgIpc) is 2.28. The SMILES string of the molecule is CN(C(=O)CCBr)c1cccc(C#N)c1. The van der Waals surface area contributed by atoms with E-state index < -0.39 is 0 Å². The molecule has 0 radical (unpaired) electrons. The van der Waals surface area contributed by atoms with E-state index >= 15 is 0 Å². The van der Waals surface area contributed by atoms with E-state index in [1.165, 1.54) is 0 Å². The third kappa shape index (κ3) is 3.07. The summed E-state index contributed by atoms with van der Waals surface area (Å²) in [5, 5.41) is 9.37. The molecule has 0 saturated carbocycles. The van der Waals surface area contributed by atoms with Crippen molar-refractivity contribution < 1.29 is 4.79 Å². The van der Waals surface area contributed by atoms with Gasteiger partial charge in [-0.25, -0.2) is 0 Å². The molecule has 0 saturated heterocycles. The number of nitriles is 1. The minimum atomic E-state index is 0.0296. The maximum Gasteiger partial charge on any atom is 0.227 e. The van der Waals surface area contributed by atoms with E-state index in [0.717, 1.165) is 5.69 Å². The number of carbonyl (C=O) groups excluding carboxylic acids is 1. The summed E-state index contributed by atoms with van der Waals surface area (Å²) in [4.78, 5) is 13.1. The Morgan fingerprint density at radius 3 is 2.93 bits per heavy atom. The molecular formula is C11H11BrN2O. The first-order valence-corrected chi connectivity index (χ1v) is 5.64. The van der Waals surface area contributed by atoms with Gasteiger partial charge in [0.25, 0.3) is 0 Å². The highest BCUT2D eigenvalue weighted by Crippen LogP contribution is 2.15. The number of carbonyl (C=O) groups is 1. The first kappa shape index (κ1) is 11.7. The molecule has 0 aliphatic carbocycles. The van der Waals surface area contributed by atoms with Crippen molar-refractivity contribution in [3.63, 3.8) is 0 Å². The number of hydrogen-bond acceptors (Lipinski definition) is 2. The van der Waals surface area contributed by atoms with Gasteiger partial charge < -0.3 is 4.90 Å². The highest BCUT2D eigenvalue weighted by molar-refractivity contribution is 9.09. The van der Waals surface area contributed by atoms with E-state index in [1.54, 1.807) is 30.1 Å². The van der Waals surface area contributed by atoms with Crippen LogP contribution < -0.4 is 4.90 Å². The molecule has 0 N–H and O–H groups in total. The Bertz CT molecular complexity index is 398. The zero-order valence-electron chi connectivity index (χ0n) is 8.40. The van der Waals surface area contributed by atoms with Crippen LogP contribution in [-0.2, 0) is 4.79 Å². The number of halogens is 1. The molecule has 0 aromatic heterocycles. The molecule has 0 unspecified atom stereocenters. The number of rotatable bonds is 3. The molecule has 4 heteroatoms. The van der Waals surface area contributed by atoms with Crippen LogP contribution in [0.25, 0.3) is 0 Å². The second-order valence-corrected chi connectivity index (χ2v) is 3.85. The average molecular weight is 267 g/mol. The summed E-state index contributed by atoms with van der Waals surface area (Å²) in [7, 11) is 1.71. The Labute approximate surface area is 97.4 Å². The van der Waals surface area contributed by atoms with Gasteiger partial charge >= 0.3 is 0 Å². The zero-order chi connectivity index (χ0) is 11.3. The van der Waals surface area contributed by atoms with Crippen LogP contribution in [-0.4, -0.2) is 18.3 Å². The van der Waals surface area contributed by atoms with E-state index in [4.69, 9.17) is 5.26 Å². The van der Waals surface area contributed by atoms with Crippen molar-refractivity contribution >= 4 is 27.5 Å². The monoisotopic (exact) mass is 266 g/mol. The Hall–Kier alpha value is -1.34. The van der Waals surface area contributed by atoms with Crippen LogP contribution in [0.2, 0.25) is 0 Å². The van der Waals surface area contributed by atoms with Gasteiger partial charge in [0.2, 0.25) is 5.91 Å². The molecule has 0 spiro atoms. The van der Waals surface area contributed by atoms with E-state index in [1.807, 2.05) is 12.1 Å². The minimum absolute atomic E-state index is 0.0296. The first-order chi connectivity index (χ1) is 7.19. The second-order valence-electron chi connectivity index (χ2n) is 3.05. The highest BCUT2D eigenvalue weighted by atomic mass is 79.9. The van der Waals surface area contributed by atoms with Gasteiger partial charge in [0.1, 0.15) is 0 Å². The molecule has 1 amide bonds. The standard InChI is InChI=1S/C11H11BrN2O/c1-14(11(15)5-6-12)10-4-2-3-9(7-10)8-13/h2-4,7H,5-6H2,1H3. The maximum atomic E-state index is 11.6. The van der Waals surface area contributed by atoms with Gasteiger partial charge in [-0.05, 0) is 18.2 Å². The van der Waals surface area contributed by atoms with Crippen molar-refractivity contribution in [2.45, 2.75) is 6.42 Å². The fraction of sp³-hybridized carbons (Fsp3) is 0.273. The predicted octanol–water partition coefficient (Wildman–Crippen LogP) is 2.31. The number of hydrogen-bond donors (Lipinski definition) is 0. The van der Waals surface area contributed by atoms with Crippen LogP contribution in [0.4, 0.5) is 5.69 Å². The van der Waals surface area contributed by atoms with Gasteiger partial charge in [-0.1, -0.05) is 22.0 Å². The van der Waals surface area contributed by atoms with Crippen LogP contribution in [0.5, 0.6) is 0 Å². The van der Waals surface area contributed by atoms with Gasteiger partial charge in [0, 0.05) is 24.5 Å². The van der Waals surface area contributed by atoms with Crippen LogP contribution in [0.3, 0.4) is 0 Å². The van der Waals surface area contributed by atoms with Crippen molar-refractivity contribution in [3.8, 4) is 6.07 Å². The molecule has 0 atom stereocenters. The molecule has 0 aliphatic rings. The molecule has 0 heterocycles. The number of amides is 1. The lowest BCUT2D eigenvalue weighted by atomic mass is 10.2. The summed E-state index contributed by atoms with van der Waals surface area (Å²) in [6.07, 6.45) is 0.452. The summed E-state index contributed by atoms with van der Waals surface area (Å²) >= 11 is 3.22. The van der Waals surface area contributed by atoms with Crippen molar-refractivity contribution in [1.29, 1.82) is 5.26 Å². The quantitative estimate of drug-likeness (QED) is 0.789. The molecule has 78 valence electrons. The van der Waals surface area contributed by atoms with Crippen molar-refractivity contribution in [2.75, 3.05) is 17.3 Å². The van der Waals surface area contributed by atoms with Gasteiger partial charge in [-0.15, -0.1) is 0 Å². The van der Waals surface area contributed by atoms with Crippen LogP contribution in [0.1, 0.15) is 12.0 Å². The number of nitrogens with zero attached hydrogens (tertiary/aromatic N) is 2. The molecule has 0 aliphatic heterocycles. The predicted molar refractivity (Wildman–Crippen MR) is 63.0 cm³/mol. The maximum absolute atomic E-state index is 11.6. The zero-order valence-corrected chi connectivity index (χ0v) is 9.99. The molecule has 0 bridgehead atoms. The third-order valence-electron chi connectivity index (χ3n) is 2.05. The Morgan fingerprint density at radius 1 is 1.60 bits per heavy atom. The Kier molecular flexibility index (Phi) is 4.32. The van der Waals surface area contributed by atoms with Crippen molar-refractivity contribution in [1.82, 2.24) is 0 Å². The molecule has 3 nitrogen and oxygen atoms in total. The largest absolute Gasteiger partial charge is 0.315 e. The van der Waals surface area contributed by atoms with E-state index in [2.05, 4.69) is 15.9 Å². The Morgan fingerprint density at radius 2 is 2.33 bits per heavy atom. The third-order valence-corrected chi connectivity index (χ3v) is 2.44. The van der Waals surface area contributed by atoms with E-state index in [9.17, 15) is 4.79 Å². The van der Waals surface area contributed by atoms with Crippen LogP contribution in [0, 0.1) is 11.3 Å². The van der Waals surface area contributed by atoms with E-state index in [-0.39, 0.29) is 5.91 Å². The van der Waals surface area contributed by atoms with Gasteiger partial charge in [-0.2, -0.15) is 5.26 Å². The second kappa shape index (κ2) is 5.52. The Balaban J connectivity index is 2.87. The van der Waals surface area contributed by atoms with E-state index in [0.29, 0.717) is 17.3 Å². The smallest absolute Gasteiger partial charge is 0.227 e. The lowest BCUT2D eigenvalue weighted by Crippen LogP contribution is -2.26. The van der Waals surface area contributed by atoms with Gasteiger partial charge in [0.05, 0.1) is 11.6 Å². The fourth-order valence-corrected chi connectivity index (χ4v) is 1.52. The topological polar surface area (TPSA) is 44.1 Å². The summed E-state index contributed by atoms with van der Waals surface area (Å²) < 4.78 is 0. The summed E-state index contributed by atoms with van der Waals surface area (Å²) in [5.74, 6) is 0.0296.